The maximum absolute atomic E-state index is 12.1. The second-order valence-corrected chi connectivity index (χ2v) is 6.75. The third kappa shape index (κ3) is 4.38. The lowest BCUT2D eigenvalue weighted by Gasteiger charge is -2.13. The summed E-state index contributed by atoms with van der Waals surface area (Å²) < 4.78 is 17.5. The van der Waals surface area contributed by atoms with Gasteiger partial charge in [0.1, 0.15) is 0 Å². The molecule has 1 aliphatic rings. The summed E-state index contributed by atoms with van der Waals surface area (Å²) in [5, 5.41) is 11.5. The van der Waals surface area contributed by atoms with E-state index < -0.39 is 10.8 Å². The number of hydrogen-bond donors (Lipinski definition) is 1. The van der Waals surface area contributed by atoms with Gasteiger partial charge in [-0.05, 0) is 31.5 Å². The second kappa shape index (κ2) is 7.34. The van der Waals surface area contributed by atoms with Crippen molar-refractivity contribution in [2.24, 2.45) is 0 Å². The molecule has 0 spiro atoms. The molecule has 3 atom stereocenters. The van der Waals surface area contributed by atoms with E-state index in [4.69, 9.17) is 10.00 Å². The van der Waals surface area contributed by atoms with Gasteiger partial charge in [-0.3, -0.25) is 9.00 Å². The lowest BCUT2D eigenvalue weighted by atomic mass is 10.2. The molecule has 2 rings (SSSR count). The normalized spacial score (nSPS) is 22.5. The fraction of sp³-hybridized carbons (Fsp3) is 0.467. The van der Waals surface area contributed by atoms with Gasteiger partial charge in [0, 0.05) is 35.3 Å². The number of nitriles is 1. The minimum Gasteiger partial charge on any atom is -0.377 e. The van der Waals surface area contributed by atoms with E-state index in [2.05, 4.69) is 5.32 Å². The fourth-order valence-electron chi connectivity index (χ4n) is 2.29. The average molecular weight is 306 g/mol. The first kappa shape index (κ1) is 15.7. The highest BCUT2D eigenvalue weighted by molar-refractivity contribution is 7.85. The van der Waals surface area contributed by atoms with Gasteiger partial charge in [-0.15, -0.1) is 0 Å². The van der Waals surface area contributed by atoms with Crippen molar-refractivity contribution in [3.05, 3.63) is 29.8 Å². The van der Waals surface area contributed by atoms with Gasteiger partial charge in [-0.25, -0.2) is 0 Å². The number of ether oxygens (including phenoxy) is 1. The highest BCUT2D eigenvalue weighted by atomic mass is 32.2. The Kier molecular flexibility index (Phi) is 5.48. The Morgan fingerprint density at radius 3 is 3.05 bits per heavy atom. The Labute approximate surface area is 126 Å². The lowest BCUT2D eigenvalue weighted by Crippen LogP contribution is -2.26. The molecule has 21 heavy (non-hydrogen) atoms. The number of amides is 1. The predicted octanol–water partition coefficient (Wildman–Crippen LogP) is 1.81. The van der Waals surface area contributed by atoms with Crippen molar-refractivity contribution in [2.75, 3.05) is 17.7 Å². The second-order valence-electron chi connectivity index (χ2n) is 4.98. The zero-order valence-electron chi connectivity index (χ0n) is 11.9. The molecule has 1 saturated heterocycles. The van der Waals surface area contributed by atoms with Gasteiger partial charge in [0.05, 0.1) is 23.0 Å². The van der Waals surface area contributed by atoms with Crippen LogP contribution in [0.2, 0.25) is 0 Å². The molecule has 1 aromatic carbocycles. The number of nitrogens with one attached hydrogen (secondary N) is 1. The summed E-state index contributed by atoms with van der Waals surface area (Å²) in [5.74, 6) is 0.146. The molecule has 0 bridgehead atoms. The van der Waals surface area contributed by atoms with E-state index >= 15 is 0 Å². The maximum atomic E-state index is 12.1. The van der Waals surface area contributed by atoms with Gasteiger partial charge in [0.15, 0.2) is 0 Å². The van der Waals surface area contributed by atoms with E-state index in [-0.39, 0.29) is 23.7 Å². The molecule has 1 amide bonds. The number of benzene rings is 1. The first-order chi connectivity index (χ1) is 10.1. The van der Waals surface area contributed by atoms with Crippen LogP contribution in [-0.2, 0) is 20.3 Å². The van der Waals surface area contributed by atoms with E-state index in [1.807, 2.05) is 13.0 Å². The topological polar surface area (TPSA) is 79.2 Å². The van der Waals surface area contributed by atoms with E-state index in [0.717, 1.165) is 6.42 Å². The van der Waals surface area contributed by atoms with E-state index in [0.29, 0.717) is 23.6 Å². The van der Waals surface area contributed by atoms with Crippen LogP contribution in [0.25, 0.3) is 0 Å². The highest BCUT2D eigenvalue weighted by Crippen LogP contribution is 2.19. The number of nitrogens with zero attached hydrogens (tertiary/aromatic N) is 1. The van der Waals surface area contributed by atoms with E-state index in [1.54, 1.807) is 24.3 Å². The lowest BCUT2D eigenvalue weighted by molar-refractivity contribution is -0.115. The summed E-state index contributed by atoms with van der Waals surface area (Å²) >= 11 is 0. The third-order valence-corrected chi connectivity index (χ3v) is 5.35. The standard InChI is InChI=1S/C15H18N2O3S/c1-11-14(5-7-20-11)21(19)8-6-15(18)17-13-4-2-3-12(9-13)10-16/h2-4,9,11,14H,5-8H2,1H3,(H,17,18). The molecule has 6 heteroatoms. The average Bonchev–Trinajstić information content (AvgIpc) is 2.91. The van der Waals surface area contributed by atoms with Crippen LogP contribution in [0.3, 0.4) is 0 Å². The van der Waals surface area contributed by atoms with Crippen LogP contribution >= 0.6 is 0 Å². The van der Waals surface area contributed by atoms with E-state index in [1.165, 1.54) is 0 Å². The largest absolute Gasteiger partial charge is 0.377 e. The van der Waals surface area contributed by atoms with Crippen molar-refractivity contribution in [3.8, 4) is 6.07 Å². The summed E-state index contributed by atoms with van der Waals surface area (Å²) in [6.07, 6.45) is 0.993. The maximum Gasteiger partial charge on any atom is 0.225 e. The molecule has 1 fully saturated rings. The zero-order valence-corrected chi connectivity index (χ0v) is 12.7. The van der Waals surface area contributed by atoms with Crippen LogP contribution in [0, 0.1) is 11.3 Å². The van der Waals surface area contributed by atoms with E-state index in [9.17, 15) is 9.00 Å². The van der Waals surface area contributed by atoms with Gasteiger partial charge in [-0.1, -0.05) is 6.07 Å². The quantitative estimate of drug-likeness (QED) is 0.900. The Hall–Kier alpha value is -1.71. The number of anilines is 1. The van der Waals surface area contributed by atoms with Gasteiger partial charge < -0.3 is 10.1 Å². The highest BCUT2D eigenvalue weighted by Gasteiger charge is 2.29. The molecule has 1 aliphatic heterocycles. The Morgan fingerprint density at radius 2 is 2.38 bits per heavy atom. The molecule has 1 N–H and O–H groups in total. The summed E-state index contributed by atoms with van der Waals surface area (Å²) in [6, 6.07) is 8.74. The third-order valence-electron chi connectivity index (χ3n) is 3.45. The van der Waals surface area contributed by atoms with Crippen molar-refractivity contribution in [3.63, 3.8) is 0 Å². The van der Waals surface area contributed by atoms with Crippen molar-refractivity contribution in [1.82, 2.24) is 0 Å². The number of rotatable bonds is 5. The number of carbonyl (C=O) groups is 1. The summed E-state index contributed by atoms with van der Waals surface area (Å²) in [4.78, 5) is 11.9. The number of hydrogen-bond acceptors (Lipinski definition) is 4. The molecule has 0 aromatic heterocycles. The SMILES string of the molecule is CC1OCCC1S(=O)CCC(=O)Nc1cccc(C#N)c1. The molecule has 0 radical (unpaired) electrons. The molecule has 112 valence electrons. The molecule has 1 heterocycles. The summed E-state index contributed by atoms with van der Waals surface area (Å²) in [5.41, 5.74) is 1.08. The molecular weight excluding hydrogens is 288 g/mol. The van der Waals surface area contributed by atoms with Gasteiger partial charge >= 0.3 is 0 Å². The smallest absolute Gasteiger partial charge is 0.225 e. The monoisotopic (exact) mass is 306 g/mol. The van der Waals surface area contributed by atoms with Gasteiger partial charge in [-0.2, -0.15) is 5.26 Å². The van der Waals surface area contributed by atoms with Crippen molar-refractivity contribution in [2.45, 2.75) is 31.1 Å². The number of carbonyl (C=O) groups excluding carboxylic acids is 1. The van der Waals surface area contributed by atoms with Crippen LogP contribution in [0.1, 0.15) is 25.3 Å². The van der Waals surface area contributed by atoms with Crippen LogP contribution in [-0.4, -0.2) is 33.8 Å². The molecule has 1 aromatic rings. The van der Waals surface area contributed by atoms with Crippen LogP contribution in [0.5, 0.6) is 0 Å². The molecule has 3 unspecified atom stereocenters. The molecule has 5 nitrogen and oxygen atoms in total. The Bertz CT molecular complexity index is 583. The molecule has 0 aliphatic carbocycles. The van der Waals surface area contributed by atoms with Crippen LogP contribution < -0.4 is 5.32 Å². The summed E-state index contributed by atoms with van der Waals surface area (Å²) in [7, 11) is -1.05. The fourth-order valence-corrected chi connectivity index (χ4v) is 3.85. The molecule has 0 saturated carbocycles. The zero-order chi connectivity index (χ0) is 15.2. The van der Waals surface area contributed by atoms with Crippen molar-refractivity contribution < 1.29 is 13.7 Å². The first-order valence-electron chi connectivity index (χ1n) is 6.89. The predicted molar refractivity (Wildman–Crippen MR) is 81.2 cm³/mol. The van der Waals surface area contributed by atoms with Gasteiger partial charge in [0.2, 0.25) is 5.91 Å². The Balaban J connectivity index is 1.82. The minimum absolute atomic E-state index is 0.00112. The molecular formula is C15H18N2O3S. The van der Waals surface area contributed by atoms with Crippen LogP contribution in [0.15, 0.2) is 24.3 Å². The van der Waals surface area contributed by atoms with Crippen molar-refractivity contribution >= 4 is 22.4 Å². The van der Waals surface area contributed by atoms with Crippen LogP contribution in [0.4, 0.5) is 5.69 Å². The van der Waals surface area contributed by atoms with Crippen molar-refractivity contribution in [1.29, 1.82) is 5.26 Å². The minimum atomic E-state index is -1.05. The Morgan fingerprint density at radius 1 is 1.57 bits per heavy atom. The first-order valence-corrected chi connectivity index (χ1v) is 8.27. The van der Waals surface area contributed by atoms with Gasteiger partial charge in [0.25, 0.3) is 0 Å². The summed E-state index contributed by atoms with van der Waals surface area (Å²) in [6.45, 7) is 2.56.